The van der Waals surface area contributed by atoms with E-state index in [0.717, 1.165) is 17.8 Å². The largest absolute Gasteiger partial charge is 0.326 e. The van der Waals surface area contributed by atoms with E-state index in [1.54, 1.807) is 10.7 Å². The van der Waals surface area contributed by atoms with Gasteiger partial charge in [0.05, 0.1) is 5.69 Å². The van der Waals surface area contributed by atoms with Gasteiger partial charge in [0, 0.05) is 19.2 Å². The van der Waals surface area contributed by atoms with Crippen molar-refractivity contribution in [1.82, 2.24) is 9.78 Å². The van der Waals surface area contributed by atoms with E-state index in [4.69, 9.17) is 5.73 Å². The molecular formula is C13H21N3O. The number of rotatable bonds is 3. The van der Waals surface area contributed by atoms with Crippen molar-refractivity contribution in [2.24, 2.45) is 11.7 Å². The normalized spacial score (nSPS) is 17.3. The maximum atomic E-state index is 11.9. The van der Waals surface area contributed by atoms with Gasteiger partial charge in [-0.1, -0.05) is 19.3 Å². The minimum absolute atomic E-state index is 0.0124. The number of nitrogens with zero attached hydrogens (tertiary/aromatic N) is 2. The Morgan fingerprint density at radius 2 is 2.12 bits per heavy atom. The summed E-state index contributed by atoms with van der Waals surface area (Å²) in [5.74, 6) is 0.622. The van der Waals surface area contributed by atoms with E-state index in [2.05, 4.69) is 5.10 Å². The van der Waals surface area contributed by atoms with E-state index in [9.17, 15) is 4.79 Å². The molecule has 0 radical (unpaired) electrons. The average molecular weight is 235 g/mol. The van der Waals surface area contributed by atoms with Gasteiger partial charge < -0.3 is 5.73 Å². The Bertz CT molecular complexity index is 433. The van der Waals surface area contributed by atoms with Crippen molar-refractivity contribution in [3.63, 3.8) is 0 Å². The lowest BCUT2D eigenvalue weighted by atomic mass is 9.89. The fraction of sp³-hybridized carbons (Fsp3) is 0.692. The first kappa shape index (κ1) is 12.3. The van der Waals surface area contributed by atoms with Crippen LogP contribution in [0.3, 0.4) is 0 Å². The van der Waals surface area contributed by atoms with Gasteiger partial charge in [0.1, 0.15) is 0 Å². The summed E-state index contributed by atoms with van der Waals surface area (Å²) < 4.78 is 1.62. The van der Waals surface area contributed by atoms with Crippen LogP contribution in [-0.2, 0) is 13.1 Å². The first-order chi connectivity index (χ1) is 8.20. The predicted octanol–water partition coefficient (Wildman–Crippen LogP) is 1.59. The molecule has 0 atom stereocenters. The lowest BCUT2D eigenvalue weighted by Gasteiger charge is -2.22. The fourth-order valence-corrected chi connectivity index (χ4v) is 2.57. The lowest BCUT2D eigenvalue weighted by molar-refractivity contribution is 0.301. The molecule has 2 N–H and O–H groups in total. The SMILES string of the molecule is Cc1nn(CC2CCCCC2)c(=O)cc1CN. The van der Waals surface area contributed by atoms with Gasteiger partial charge in [0.2, 0.25) is 0 Å². The van der Waals surface area contributed by atoms with Gasteiger partial charge in [-0.05, 0) is 31.2 Å². The highest BCUT2D eigenvalue weighted by molar-refractivity contribution is 5.15. The maximum Gasteiger partial charge on any atom is 0.267 e. The molecule has 4 heteroatoms. The predicted molar refractivity (Wildman–Crippen MR) is 67.7 cm³/mol. The van der Waals surface area contributed by atoms with Gasteiger partial charge in [-0.3, -0.25) is 4.79 Å². The molecule has 1 aromatic heterocycles. The van der Waals surface area contributed by atoms with Crippen LogP contribution in [0.25, 0.3) is 0 Å². The number of aromatic nitrogens is 2. The second-order valence-electron chi connectivity index (χ2n) is 4.98. The van der Waals surface area contributed by atoms with Crippen LogP contribution in [0, 0.1) is 12.8 Å². The molecule has 1 aromatic rings. The third-order valence-corrected chi connectivity index (χ3v) is 3.66. The summed E-state index contributed by atoms with van der Waals surface area (Å²) in [6.45, 7) is 3.07. The van der Waals surface area contributed by atoms with Gasteiger partial charge in [0.25, 0.3) is 5.56 Å². The van der Waals surface area contributed by atoms with E-state index in [-0.39, 0.29) is 5.56 Å². The van der Waals surface area contributed by atoms with Crippen LogP contribution in [0.15, 0.2) is 10.9 Å². The smallest absolute Gasteiger partial charge is 0.267 e. The van der Waals surface area contributed by atoms with Crippen molar-refractivity contribution in [3.05, 3.63) is 27.7 Å². The molecule has 0 unspecified atom stereocenters. The highest BCUT2D eigenvalue weighted by Gasteiger charge is 2.15. The summed E-state index contributed by atoms with van der Waals surface area (Å²) in [5.41, 5.74) is 7.29. The molecule has 0 saturated heterocycles. The monoisotopic (exact) mass is 235 g/mol. The first-order valence-corrected chi connectivity index (χ1v) is 6.48. The molecule has 0 aliphatic heterocycles. The van der Waals surface area contributed by atoms with Gasteiger partial charge in [0.15, 0.2) is 0 Å². The van der Waals surface area contributed by atoms with Gasteiger partial charge in [-0.25, -0.2) is 4.68 Å². The molecule has 17 heavy (non-hydrogen) atoms. The van der Waals surface area contributed by atoms with Gasteiger partial charge in [-0.2, -0.15) is 5.10 Å². The minimum atomic E-state index is -0.0124. The van der Waals surface area contributed by atoms with Crippen molar-refractivity contribution >= 4 is 0 Å². The lowest BCUT2D eigenvalue weighted by Crippen LogP contribution is -2.28. The molecule has 0 amide bonds. The van der Waals surface area contributed by atoms with Gasteiger partial charge >= 0.3 is 0 Å². The Morgan fingerprint density at radius 1 is 1.41 bits per heavy atom. The molecule has 0 bridgehead atoms. The highest BCUT2D eigenvalue weighted by Crippen LogP contribution is 2.24. The Labute approximate surface area is 102 Å². The molecule has 94 valence electrons. The summed E-state index contributed by atoms with van der Waals surface area (Å²) in [5, 5.41) is 4.36. The molecule has 1 aliphatic carbocycles. The number of nitrogens with two attached hydrogens (primary N) is 1. The van der Waals surface area contributed by atoms with E-state index >= 15 is 0 Å². The number of aryl methyl sites for hydroxylation is 1. The molecule has 0 spiro atoms. The van der Waals surface area contributed by atoms with E-state index in [1.807, 2.05) is 6.92 Å². The van der Waals surface area contributed by atoms with Crippen LogP contribution in [0.4, 0.5) is 0 Å². The molecule has 1 heterocycles. The van der Waals surface area contributed by atoms with Crippen LogP contribution in [0.5, 0.6) is 0 Å². The maximum absolute atomic E-state index is 11.9. The van der Waals surface area contributed by atoms with Crippen molar-refractivity contribution in [1.29, 1.82) is 0 Å². The Morgan fingerprint density at radius 3 is 2.76 bits per heavy atom. The van der Waals surface area contributed by atoms with Crippen molar-refractivity contribution in [2.45, 2.75) is 52.1 Å². The van der Waals surface area contributed by atoms with E-state index in [0.29, 0.717) is 12.5 Å². The minimum Gasteiger partial charge on any atom is -0.326 e. The zero-order valence-electron chi connectivity index (χ0n) is 10.5. The Balaban J connectivity index is 2.15. The van der Waals surface area contributed by atoms with Gasteiger partial charge in [-0.15, -0.1) is 0 Å². The Kier molecular flexibility index (Phi) is 3.94. The van der Waals surface area contributed by atoms with Crippen LogP contribution >= 0.6 is 0 Å². The molecule has 4 nitrogen and oxygen atoms in total. The molecular weight excluding hydrogens is 214 g/mol. The summed E-state index contributed by atoms with van der Waals surface area (Å²) >= 11 is 0. The third-order valence-electron chi connectivity index (χ3n) is 3.66. The van der Waals surface area contributed by atoms with Crippen LogP contribution < -0.4 is 11.3 Å². The second-order valence-corrected chi connectivity index (χ2v) is 4.98. The molecule has 0 aromatic carbocycles. The van der Waals surface area contributed by atoms with Crippen LogP contribution in [0.2, 0.25) is 0 Å². The van der Waals surface area contributed by atoms with E-state index < -0.39 is 0 Å². The average Bonchev–Trinajstić information content (AvgIpc) is 2.34. The Hall–Kier alpha value is -1.16. The van der Waals surface area contributed by atoms with E-state index in [1.165, 1.54) is 32.1 Å². The first-order valence-electron chi connectivity index (χ1n) is 6.48. The molecule has 1 aliphatic rings. The summed E-state index contributed by atoms with van der Waals surface area (Å²) in [6.07, 6.45) is 6.38. The zero-order valence-corrected chi connectivity index (χ0v) is 10.5. The van der Waals surface area contributed by atoms with Crippen LogP contribution in [-0.4, -0.2) is 9.78 Å². The zero-order chi connectivity index (χ0) is 12.3. The van der Waals surface area contributed by atoms with Crippen molar-refractivity contribution in [3.8, 4) is 0 Å². The quantitative estimate of drug-likeness (QED) is 0.865. The van der Waals surface area contributed by atoms with Crippen molar-refractivity contribution < 1.29 is 0 Å². The molecule has 2 rings (SSSR count). The fourth-order valence-electron chi connectivity index (χ4n) is 2.57. The second kappa shape index (κ2) is 5.45. The topological polar surface area (TPSA) is 60.9 Å². The number of hydrogen-bond donors (Lipinski definition) is 1. The summed E-state index contributed by atoms with van der Waals surface area (Å²) in [4.78, 5) is 11.9. The summed E-state index contributed by atoms with van der Waals surface area (Å²) in [6, 6.07) is 1.63. The standard InChI is InChI=1S/C13H21N3O/c1-10-12(8-14)7-13(17)16(15-10)9-11-5-3-2-4-6-11/h7,11H,2-6,8-9,14H2,1H3. The number of hydrogen-bond acceptors (Lipinski definition) is 3. The van der Waals surface area contributed by atoms with Crippen molar-refractivity contribution in [2.75, 3.05) is 0 Å². The highest BCUT2D eigenvalue weighted by atomic mass is 16.1. The molecule has 1 fully saturated rings. The molecule has 1 saturated carbocycles. The third kappa shape index (κ3) is 2.94. The summed E-state index contributed by atoms with van der Waals surface area (Å²) in [7, 11) is 0. The van der Waals surface area contributed by atoms with Crippen LogP contribution in [0.1, 0.15) is 43.4 Å².